The van der Waals surface area contributed by atoms with Gasteiger partial charge in [0.15, 0.2) is 0 Å². The zero-order valence-corrected chi connectivity index (χ0v) is 20.0. The van der Waals surface area contributed by atoms with Crippen molar-refractivity contribution in [1.29, 1.82) is 0 Å². The van der Waals surface area contributed by atoms with Gasteiger partial charge in [-0.15, -0.1) is 11.3 Å². The van der Waals surface area contributed by atoms with E-state index >= 15 is 0 Å². The van der Waals surface area contributed by atoms with Gasteiger partial charge in [0, 0.05) is 29.4 Å². The number of hydrogen-bond acceptors (Lipinski definition) is 6. The maximum absolute atomic E-state index is 13.2. The number of fused-ring (bicyclic) bond motifs is 1. The molecule has 1 aliphatic rings. The number of benzene rings is 2. The number of ether oxygens (including phenoxy) is 1. The zero-order valence-electron chi connectivity index (χ0n) is 18.3. The normalized spacial score (nSPS) is 16.6. The number of furan rings is 1. The van der Waals surface area contributed by atoms with Crippen molar-refractivity contribution in [3.63, 3.8) is 0 Å². The molecule has 7 nitrogen and oxygen atoms in total. The summed E-state index contributed by atoms with van der Waals surface area (Å²) in [5, 5.41) is 5.47. The van der Waals surface area contributed by atoms with Crippen molar-refractivity contribution >= 4 is 38.2 Å². The van der Waals surface area contributed by atoms with E-state index in [0.29, 0.717) is 30.4 Å². The zero-order chi connectivity index (χ0) is 23.5. The fourth-order valence-electron chi connectivity index (χ4n) is 4.09. The molecule has 34 heavy (non-hydrogen) atoms. The highest BCUT2D eigenvalue weighted by molar-refractivity contribution is 7.89. The fourth-order valence-corrected chi connectivity index (χ4v) is 6.32. The molecule has 0 spiro atoms. The first-order valence-electron chi connectivity index (χ1n) is 11.0. The van der Waals surface area contributed by atoms with Crippen LogP contribution in [0.1, 0.15) is 23.3 Å². The first-order valence-corrected chi connectivity index (χ1v) is 13.3. The number of carbonyl (C=O) groups is 1. The molecule has 176 valence electrons. The van der Waals surface area contributed by atoms with Gasteiger partial charge in [-0.3, -0.25) is 4.79 Å². The molecule has 0 bridgehead atoms. The van der Waals surface area contributed by atoms with E-state index < -0.39 is 16.1 Å². The van der Waals surface area contributed by atoms with Crippen LogP contribution >= 0.6 is 11.3 Å². The monoisotopic (exact) mass is 496 g/mol. The lowest BCUT2D eigenvalue weighted by Gasteiger charge is -2.22. The van der Waals surface area contributed by atoms with Crippen LogP contribution in [0.25, 0.3) is 11.0 Å². The third-order valence-electron chi connectivity index (χ3n) is 5.80. The second-order valence-electron chi connectivity index (χ2n) is 8.11. The quantitative estimate of drug-likeness (QED) is 0.387. The Bertz CT molecular complexity index is 1360. The first kappa shape index (κ1) is 22.6. The summed E-state index contributed by atoms with van der Waals surface area (Å²) >= 11 is 1.63. The summed E-state index contributed by atoms with van der Waals surface area (Å²) in [4.78, 5) is 14.1. The van der Waals surface area contributed by atoms with Crippen molar-refractivity contribution in [3.8, 4) is 5.75 Å². The summed E-state index contributed by atoms with van der Waals surface area (Å²) in [5.74, 6) is 0.400. The minimum Gasteiger partial charge on any atom is -0.488 e. The molecule has 2 aromatic carbocycles. The third kappa shape index (κ3) is 4.72. The van der Waals surface area contributed by atoms with E-state index in [-0.39, 0.29) is 24.1 Å². The van der Waals surface area contributed by atoms with Crippen LogP contribution in [0.3, 0.4) is 0 Å². The van der Waals surface area contributed by atoms with E-state index in [1.54, 1.807) is 29.5 Å². The number of sulfonamides is 1. The number of amides is 1. The molecule has 1 fully saturated rings. The molecule has 0 unspecified atom stereocenters. The van der Waals surface area contributed by atoms with E-state index in [0.717, 1.165) is 16.2 Å². The van der Waals surface area contributed by atoms with Gasteiger partial charge >= 0.3 is 0 Å². The van der Waals surface area contributed by atoms with Crippen LogP contribution < -0.4 is 10.1 Å². The summed E-state index contributed by atoms with van der Waals surface area (Å²) in [6.07, 6.45) is 1.08. The predicted octanol–water partition coefficient (Wildman–Crippen LogP) is 4.54. The van der Waals surface area contributed by atoms with Gasteiger partial charge < -0.3 is 14.5 Å². The molecule has 4 aromatic rings. The summed E-state index contributed by atoms with van der Waals surface area (Å²) in [7, 11) is -3.93. The molecule has 0 radical (unpaired) electrons. The number of thiophene rings is 1. The number of hydrogen-bond donors (Lipinski definition) is 1. The number of rotatable bonds is 8. The van der Waals surface area contributed by atoms with Crippen molar-refractivity contribution in [2.24, 2.45) is 0 Å². The molecule has 9 heteroatoms. The highest BCUT2D eigenvalue weighted by Gasteiger charge is 2.41. The van der Waals surface area contributed by atoms with Crippen molar-refractivity contribution in [2.75, 3.05) is 6.54 Å². The van der Waals surface area contributed by atoms with Gasteiger partial charge in [0.05, 0.1) is 0 Å². The molecule has 1 saturated heterocycles. The van der Waals surface area contributed by atoms with E-state index in [1.165, 1.54) is 10.4 Å². The van der Waals surface area contributed by atoms with Crippen molar-refractivity contribution in [3.05, 3.63) is 82.6 Å². The number of para-hydroxylation sites is 1. The Labute approximate surface area is 202 Å². The van der Waals surface area contributed by atoms with Gasteiger partial charge in [0.1, 0.15) is 24.0 Å². The molecule has 1 N–H and O–H groups in total. The summed E-state index contributed by atoms with van der Waals surface area (Å²) in [5.41, 5.74) is 1.38. The Morgan fingerprint density at radius 2 is 2.00 bits per heavy atom. The van der Waals surface area contributed by atoms with Gasteiger partial charge in [-0.25, -0.2) is 8.42 Å². The van der Waals surface area contributed by atoms with Crippen LogP contribution in [-0.2, 0) is 28.0 Å². The molecule has 3 heterocycles. The number of nitrogens with zero attached hydrogens (tertiary/aromatic N) is 1. The lowest BCUT2D eigenvalue weighted by atomic mass is 10.2. The van der Waals surface area contributed by atoms with Crippen LogP contribution in [0.2, 0.25) is 0 Å². The molecular weight excluding hydrogens is 472 g/mol. The highest BCUT2D eigenvalue weighted by atomic mass is 32.2. The molecule has 1 atom stereocenters. The largest absolute Gasteiger partial charge is 0.488 e. The second kappa shape index (κ2) is 9.61. The Hall–Kier alpha value is -3.14. The van der Waals surface area contributed by atoms with E-state index in [9.17, 15) is 13.2 Å². The van der Waals surface area contributed by atoms with E-state index in [2.05, 4.69) is 5.32 Å². The van der Waals surface area contributed by atoms with Crippen LogP contribution in [0.15, 0.2) is 81.6 Å². The van der Waals surface area contributed by atoms with Crippen LogP contribution in [-0.4, -0.2) is 31.2 Å². The van der Waals surface area contributed by atoms with Crippen molar-refractivity contribution in [2.45, 2.75) is 37.1 Å². The van der Waals surface area contributed by atoms with Crippen molar-refractivity contribution in [1.82, 2.24) is 9.62 Å². The lowest BCUT2D eigenvalue weighted by Crippen LogP contribution is -2.45. The highest BCUT2D eigenvalue weighted by Crippen LogP contribution is 2.30. The Morgan fingerprint density at radius 1 is 1.12 bits per heavy atom. The average molecular weight is 497 g/mol. The maximum atomic E-state index is 13.2. The SMILES string of the molecule is O=C(NCc1cccc(OCc2cccs2)c1)[C@@H]1CCCN1S(=O)(=O)c1cc2ccccc2o1. The molecule has 1 amide bonds. The van der Waals surface area contributed by atoms with Crippen molar-refractivity contribution < 1.29 is 22.4 Å². The topological polar surface area (TPSA) is 88.9 Å². The van der Waals surface area contributed by atoms with Crippen LogP contribution in [0, 0.1) is 0 Å². The number of carbonyl (C=O) groups excluding carboxylic acids is 1. The van der Waals surface area contributed by atoms with E-state index in [4.69, 9.17) is 9.15 Å². The van der Waals surface area contributed by atoms with E-state index in [1.807, 2.05) is 47.8 Å². The van der Waals surface area contributed by atoms with Gasteiger partial charge in [-0.05, 0) is 48.1 Å². The molecule has 5 rings (SSSR count). The minimum atomic E-state index is -3.93. The molecule has 0 saturated carbocycles. The molecule has 2 aromatic heterocycles. The lowest BCUT2D eigenvalue weighted by molar-refractivity contribution is -0.124. The fraction of sp³-hybridized carbons (Fsp3) is 0.240. The standard InChI is InChI=1S/C25H24N2O5S2/c28-25(26-16-18-6-3-8-20(14-18)31-17-21-9-5-13-33-21)22-10-4-12-27(22)34(29,30)24-15-19-7-1-2-11-23(19)32-24/h1-3,5-9,11,13-15,22H,4,10,12,16-17H2,(H,26,28)/t22-/m0/s1. The second-order valence-corrected chi connectivity index (χ2v) is 11.0. The van der Waals surface area contributed by atoms with Gasteiger partial charge in [-0.2, -0.15) is 4.31 Å². The van der Waals surface area contributed by atoms with Gasteiger partial charge in [0.2, 0.25) is 11.0 Å². The smallest absolute Gasteiger partial charge is 0.277 e. The molecule has 1 aliphatic heterocycles. The molecular formula is C25H24N2O5S2. The summed E-state index contributed by atoms with van der Waals surface area (Å²) < 4.78 is 39.2. The maximum Gasteiger partial charge on any atom is 0.277 e. The number of nitrogens with one attached hydrogen (secondary N) is 1. The first-order chi connectivity index (χ1) is 16.5. The summed E-state index contributed by atoms with van der Waals surface area (Å²) in [6, 6.07) is 19.4. The predicted molar refractivity (Wildman–Crippen MR) is 130 cm³/mol. The Balaban J connectivity index is 1.24. The molecule has 0 aliphatic carbocycles. The Morgan fingerprint density at radius 3 is 2.82 bits per heavy atom. The third-order valence-corrected chi connectivity index (χ3v) is 8.41. The van der Waals surface area contributed by atoms with Gasteiger partial charge in [-0.1, -0.05) is 36.4 Å². The minimum absolute atomic E-state index is 0.135. The average Bonchev–Trinajstić information content (AvgIpc) is 3.61. The Kier molecular flexibility index (Phi) is 6.40. The van der Waals surface area contributed by atoms with Crippen LogP contribution in [0.4, 0.5) is 0 Å². The van der Waals surface area contributed by atoms with Crippen LogP contribution in [0.5, 0.6) is 5.75 Å². The summed E-state index contributed by atoms with van der Waals surface area (Å²) in [6.45, 7) is 1.05. The van der Waals surface area contributed by atoms with Gasteiger partial charge in [0.25, 0.3) is 10.0 Å².